The van der Waals surface area contributed by atoms with E-state index in [0.29, 0.717) is 12.2 Å². The van der Waals surface area contributed by atoms with Crippen LogP contribution in [0.5, 0.6) is 0 Å². The van der Waals surface area contributed by atoms with Gasteiger partial charge >= 0.3 is 5.97 Å². The summed E-state index contributed by atoms with van der Waals surface area (Å²) >= 11 is 0. The maximum atomic E-state index is 11.4. The first-order valence-corrected chi connectivity index (χ1v) is 6.58. The smallest absolute Gasteiger partial charge is 0.339 e. The van der Waals surface area contributed by atoms with Gasteiger partial charge < -0.3 is 10.1 Å². The molecule has 2 aromatic heterocycles. The molecule has 0 fully saturated rings. The van der Waals surface area contributed by atoms with Crippen LogP contribution in [0.1, 0.15) is 23.7 Å². The Morgan fingerprint density at radius 3 is 2.90 bits per heavy atom. The molecule has 0 bridgehead atoms. The first-order valence-electron chi connectivity index (χ1n) is 6.58. The summed E-state index contributed by atoms with van der Waals surface area (Å²) in [6, 6.07) is 9.84. The SMILES string of the molecule is CCCn1ncc(C(=O)O)c1-c1cc2ccccc2[nH]1. The number of carboxylic acids is 1. The number of fused-ring (bicyclic) bond motifs is 1. The number of nitrogens with one attached hydrogen (secondary N) is 1. The third kappa shape index (κ3) is 1.97. The Morgan fingerprint density at radius 2 is 2.20 bits per heavy atom. The van der Waals surface area contributed by atoms with Crippen LogP contribution in [0.25, 0.3) is 22.3 Å². The number of carbonyl (C=O) groups is 1. The van der Waals surface area contributed by atoms with Crippen LogP contribution in [0.3, 0.4) is 0 Å². The third-order valence-corrected chi connectivity index (χ3v) is 3.29. The van der Waals surface area contributed by atoms with Gasteiger partial charge in [-0.1, -0.05) is 25.1 Å². The zero-order valence-electron chi connectivity index (χ0n) is 11.1. The number of para-hydroxylation sites is 1. The average molecular weight is 269 g/mol. The number of aromatic nitrogens is 3. The first kappa shape index (κ1) is 12.5. The van der Waals surface area contributed by atoms with Gasteiger partial charge in [-0.25, -0.2) is 4.79 Å². The maximum absolute atomic E-state index is 11.4. The monoisotopic (exact) mass is 269 g/mol. The van der Waals surface area contributed by atoms with E-state index < -0.39 is 5.97 Å². The van der Waals surface area contributed by atoms with Gasteiger partial charge in [-0.05, 0) is 18.6 Å². The lowest BCUT2D eigenvalue weighted by Crippen LogP contribution is -2.04. The van der Waals surface area contributed by atoms with Gasteiger partial charge in [-0.2, -0.15) is 5.10 Å². The van der Waals surface area contributed by atoms with Crippen LogP contribution in [0.2, 0.25) is 0 Å². The highest BCUT2D eigenvalue weighted by Crippen LogP contribution is 2.27. The van der Waals surface area contributed by atoms with Gasteiger partial charge in [0.2, 0.25) is 0 Å². The number of benzene rings is 1. The Balaban J connectivity index is 2.20. The molecule has 102 valence electrons. The minimum Gasteiger partial charge on any atom is -0.478 e. The number of hydrogen-bond acceptors (Lipinski definition) is 2. The summed E-state index contributed by atoms with van der Waals surface area (Å²) in [6.45, 7) is 2.73. The van der Waals surface area contributed by atoms with E-state index in [9.17, 15) is 9.90 Å². The van der Waals surface area contributed by atoms with Gasteiger partial charge in [-0.15, -0.1) is 0 Å². The minimum absolute atomic E-state index is 0.227. The number of aryl methyl sites for hydroxylation is 1. The summed E-state index contributed by atoms with van der Waals surface area (Å²) in [5, 5.41) is 14.6. The molecule has 2 heterocycles. The number of nitrogens with zero attached hydrogens (tertiary/aromatic N) is 2. The molecule has 2 N–H and O–H groups in total. The van der Waals surface area contributed by atoms with Gasteiger partial charge in [0.1, 0.15) is 5.56 Å². The van der Waals surface area contributed by atoms with E-state index in [0.717, 1.165) is 23.0 Å². The molecule has 1 aromatic carbocycles. The van der Waals surface area contributed by atoms with Gasteiger partial charge in [-0.3, -0.25) is 4.68 Å². The van der Waals surface area contributed by atoms with Gasteiger partial charge in [0.15, 0.2) is 0 Å². The van der Waals surface area contributed by atoms with Gasteiger partial charge in [0, 0.05) is 17.4 Å². The first-order chi connectivity index (χ1) is 9.70. The van der Waals surface area contributed by atoms with Crippen LogP contribution in [0.4, 0.5) is 0 Å². The highest BCUT2D eigenvalue weighted by Gasteiger charge is 2.19. The Morgan fingerprint density at radius 1 is 1.40 bits per heavy atom. The molecule has 0 aliphatic rings. The molecule has 0 atom stereocenters. The molecule has 0 aliphatic carbocycles. The fourth-order valence-corrected chi connectivity index (χ4v) is 2.41. The Hall–Kier alpha value is -2.56. The Bertz CT molecular complexity index is 737. The zero-order valence-corrected chi connectivity index (χ0v) is 11.1. The largest absolute Gasteiger partial charge is 0.478 e. The van der Waals surface area contributed by atoms with Crippen LogP contribution in [-0.2, 0) is 6.54 Å². The Kier molecular flexibility index (Phi) is 3.02. The predicted molar refractivity (Wildman–Crippen MR) is 76.8 cm³/mol. The van der Waals surface area contributed by atoms with Crippen molar-refractivity contribution in [3.63, 3.8) is 0 Å². The number of H-pyrrole nitrogens is 1. The van der Waals surface area contributed by atoms with E-state index in [1.165, 1.54) is 6.20 Å². The summed E-state index contributed by atoms with van der Waals surface area (Å²) < 4.78 is 1.74. The number of aromatic amines is 1. The molecular formula is C15H15N3O2. The van der Waals surface area contributed by atoms with Crippen LogP contribution in [0.15, 0.2) is 36.5 Å². The summed E-state index contributed by atoms with van der Waals surface area (Å²) in [7, 11) is 0. The molecule has 0 aliphatic heterocycles. The van der Waals surface area contributed by atoms with E-state index >= 15 is 0 Å². The summed E-state index contributed by atoms with van der Waals surface area (Å²) in [5.74, 6) is -0.957. The van der Waals surface area contributed by atoms with Gasteiger partial charge in [0.25, 0.3) is 0 Å². The predicted octanol–water partition coefficient (Wildman–Crippen LogP) is 3.14. The van der Waals surface area contributed by atoms with Crippen molar-refractivity contribution in [1.29, 1.82) is 0 Å². The molecule has 0 saturated carbocycles. The van der Waals surface area contributed by atoms with Crippen molar-refractivity contribution in [3.05, 3.63) is 42.1 Å². The summed E-state index contributed by atoms with van der Waals surface area (Å²) in [4.78, 5) is 14.6. The van der Waals surface area contributed by atoms with E-state index in [4.69, 9.17) is 0 Å². The van der Waals surface area contributed by atoms with Gasteiger partial charge in [0.05, 0.1) is 17.6 Å². The summed E-state index contributed by atoms with van der Waals surface area (Å²) in [5.41, 5.74) is 2.64. The lowest BCUT2D eigenvalue weighted by atomic mass is 10.2. The van der Waals surface area contributed by atoms with E-state index in [2.05, 4.69) is 10.1 Å². The number of hydrogen-bond donors (Lipinski definition) is 2. The maximum Gasteiger partial charge on any atom is 0.339 e. The standard InChI is InChI=1S/C15H15N3O2/c1-2-7-18-14(11(9-16-18)15(19)20)13-8-10-5-3-4-6-12(10)17-13/h3-6,8-9,17H,2,7H2,1H3,(H,19,20). The molecule has 3 aromatic rings. The van der Waals surface area contributed by atoms with Crippen molar-refractivity contribution in [1.82, 2.24) is 14.8 Å². The molecule has 0 unspecified atom stereocenters. The van der Waals surface area contributed by atoms with E-state index in [1.54, 1.807) is 4.68 Å². The number of carboxylic acid groups (broad SMARTS) is 1. The molecule has 20 heavy (non-hydrogen) atoms. The van der Waals surface area contributed by atoms with Crippen LogP contribution >= 0.6 is 0 Å². The second-order valence-electron chi connectivity index (χ2n) is 4.71. The average Bonchev–Trinajstić information content (AvgIpc) is 3.01. The highest BCUT2D eigenvalue weighted by atomic mass is 16.4. The van der Waals surface area contributed by atoms with Crippen molar-refractivity contribution < 1.29 is 9.90 Å². The normalized spacial score (nSPS) is 11.1. The molecule has 5 nitrogen and oxygen atoms in total. The van der Waals surface area contributed by atoms with Crippen molar-refractivity contribution >= 4 is 16.9 Å². The van der Waals surface area contributed by atoms with Crippen molar-refractivity contribution in [2.75, 3.05) is 0 Å². The van der Waals surface area contributed by atoms with Crippen LogP contribution < -0.4 is 0 Å². The quantitative estimate of drug-likeness (QED) is 0.764. The van der Waals surface area contributed by atoms with E-state index in [1.807, 2.05) is 37.3 Å². The molecule has 0 saturated heterocycles. The second kappa shape index (κ2) is 4.85. The molecule has 3 rings (SSSR count). The minimum atomic E-state index is -0.957. The molecule has 0 amide bonds. The van der Waals surface area contributed by atoms with Crippen molar-refractivity contribution in [2.45, 2.75) is 19.9 Å². The number of aromatic carboxylic acids is 1. The Labute approximate surface area is 115 Å². The highest BCUT2D eigenvalue weighted by molar-refractivity contribution is 5.96. The molecule has 0 radical (unpaired) electrons. The second-order valence-corrected chi connectivity index (χ2v) is 4.71. The fourth-order valence-electron chi connectivity index (χ4n) is 2.41. The summed E-state index contributed by atoms with van der Waals surface area (Å²) in [6.07, 6.45) is 2.31. The third-order valence-electron chi connectivity index (χ3n) is 3.29. The molecular weight excluding hydrogens is 254 g/mol. The lowest BCUT2D eigenvalue weighted by Gasteiger charge is -2.05. The lowest BCUT2D eigenvalue weighted by molar-refractivity contribution is 0.0697. The van der Waals surface area contributed by atoms with E-state index in [-0.39, 0.29) is 5.56 Å². The van der Waals surface area contributed by atoms with Crippen molar-refractivity contribution in [3.8, 4) is 11.4 Å². The van der Waals surface area contributed by atoms with Crippen molar-refractivity contribution in [2.24, 2.45) is 0 Å². The fraction of sp³-hybridized carbons (Fsp3) is 0.200. The topological polar surface area (TPSA) is 70.9 Å². The molecule has 0 spiro atoms. The van der Waals surface area contributed by atoms with Crippen LogP contribution in [-0.4, -0.2) is 25.8 Å². The molecule has 5 heteroatoms. The zero-order chi connectivity index (χ0) is 14.1. The number of rotatable bonds is 4. The van der Waals surface area contributed by atoms with Crippen LogP contribution in [0, 0.1) is 0 Å².